The van der Waals surface area contributed by atoms with E-state index >= 15 is 0 Å². The first-order valence-electron chi connectivity index (χ1n) is 10.4. The smallest absolute Gasteiger partial charge is 0.275 e. The fourth-order valence-electron chi connectivity index (χ4n) is 4.55. The summed E-state index contributed by atoms with van der Waals surface area (Å²) in [6.45, 7) is 1.54. The number of aryl methyl sites for hydroxylation is 1. The van der Waals surface area contributed by atoms with E-state index in [-0.39, 0.29) is 24.1 Å². The molecule has 1 amide bonds. The van der Waals surface area contributed by atoms with Crippen LogP contribution in [0.25, 0.3) is 10.8 Å². The highest BCUT2D eigenvalue weighted by Crippen LogP contribution is 2.32. The molecule has 0 aliphatic carbocycles. The minimum atomic E-state index is -0.233. The first-order chi connectivity index (χ1) is 14.2. The molecule has 0 radical (unpaired) electrons. The topological polar surface area (TPSA) is 85.9 Å². The molecule has 2 aliphatic rings. The average molecular weight is 392 g/mol. The number of hydrogen-bond acceptors (Lipinski definition) is 5. The Morgan fingerprint density at radius 2 is 1.97 bits per heavy atom. The van der Waals surface area contributed by atoms with Crippen LogP contribution in [0.2, 0.25) is 0 Å². The SMILES string of the molecule is O=C(Cn1ncc2ccccc2c1=O)N1CCCC1c1nnc2n1CCCCC2. The molecule has 1 saturated heterocycles. The monoisotopic (exact) mass is 392 g/mol. The molecule has 1 unspecified atom stereocenters. The van der Waals surface area contributed by atoms with E-state index in [1.807, 2.05) is 23.1 Å². The Balaban J connectivity index is 1.41. The van der Waals surface area contributed by atoms with E-state index in [1.165, 1.54) is 11.1 Å². The van der Waals surface area contributed by atoms with Gasteiger partial charge in [0.2, 0.25) is 5.91 Å². The fraction of sp³-hybridized carbons (Fsp3) is 0.476. The third-order valence-corrected chi connectivity index (χ3v) is 6.06. The van der Waals surface area contributed by atoms with Crippen LogP contribution in [0.3, 0.4) is 0 Å². The number of rotatable bonds is 3. The fourth-order valence-corrected chi connectivity index (χ4v) is 4.55. The van der Waals surface area contributed by atoms with Gasteiger partial charge in [-0.1, -0.05) is 24.6 Å². The van der Waals surface area contributed by atoms with Crippen molar-refractivity contribution >= 4 is 16.7 Å². The van der Waals surface area contributed by atoms with Crippen molar-refractivity contribution in [1.82, 2.24) is 29.4 Å². The maximum absolute atomic E-state index is 13.1. The van der Waals surface area contributed by atoms with E-state index in [9.17, 15) is 9.59 Å². The second kappa shape index (κ2) is 7.42. The van der Waals surface area contributed by atoms with E-state index in [0.717, 1.165) is 55.7 Å². The van der Waals surface area contributed by atoms with Gasteiger partial charge in [0, 0.05) is 24.9 Å². The molecule has 29 heavy (non-hydrogen) atoms. The standard InChI is InChI=1S/C21H24N6O2/c28-19(14-27-21(29)16-8-4-3-7-15(16)13-22-27)25-12-6-9-17(25)20-24-23-18-10-2-1-5-11-26(18)20/h3-4,7-8,13,17H,1-2,5-6,9-12,14H2. The van der Waals surface area contributed by atoms with Gasteiger partial charge in [-0.3, -0.25) is 9.59 Å². The van der Waals surface area contributed by atoms with Crippen molar-refractivity contribution in [3.63, 3.8) is 0 Å². The molecule has 1 atom stereocenters. The Morgan fingerprint density at radius 3 is 2.90 bits per heavy atom. The van der Waals surface area contributed by atoms with Crippen molar-refractivity contribution in [2.45, 2.75) is 57.7 Å². The van der Waals surface area contributed by atoms with Crippen LogP contribution in [-0.2, 0) is 24.3 Å². The zero-order valence-corrected chi connectivity index (χ0v) is 16.3. The predicted molar refractivity (Wildman–Crippen MR) is 107 cm³/mol. The van der Waals surface area contributed by atoms with Crippen LogP contribution in [0.1, 0.15) is 49.8 Å². The van der Waals surface area contributed by atoms with E-state index in [2.05, 4.69) is 19.9 Å². The summed E-state index contributed by atoms with van der Waals surface area (Å²) in [5.41, 5.74) is -0.233. The zero-order valence-electron chi connectivity index (χ0n) is 16.3. The molecular weight excluding hydrogens is 368 g/mol. The molecule has 0 spiro atoms. The summed E-state index contributed by atoms with van der Waals surface area (Å²) in [6, 6.07) is 7.24. The average Bonchev–Trinajstić information content (AvgIpc) is 3.31. The molecule has 4 heterocycles. The van der Waals surface area contributed by atoms with Crippen LogP contribution in [0, 0.1) is 0 Å². The lowest BCUT2D eigenvalue weighted by Crippen LogP contribution is -2.37. The number of benzene rings is 1. The van der Waals surface area contributed by atoms with Crippen molar-refractivity contribution in [2.75, 3.05) is 6.54 Å². The van der Waals surface area contributed by atoms with E-state index in [1.54, 1.807) is 12.3 Å². The van der Waals surface area contributed by atoms with Crippen LogP contribution in [0.15, 0.2) is 35.3 Å². The molecule has 8 nitrogen and oxygen atoms in total. The summed E-state index contributed by atoms with van der Waals surface area (Å²) in [4.78, 5) is 27.7. The van der Waals surface area contributed by atoms with E-state index < -0.39 is 0 Å². The van der Waals surface area contributed by atoms with Gasteiger partial charge in [-0.25, -0.2) is 4.68 Å². The third-order valence-electron chi connectivity index (χ3n) is 6.06. The van der Waals surface area contributed by atoms with Gasteiger partial charge in [0.1, 0.15) is 12.4 Å². The van der Waals surface area contributed by atoms with Crippen LogP contribution in [0.5, 0.6) is 0 Å². The summed E-state index contributed by atoms with van der Waals surface area (Å²) in [7, 11) is 0. The highest BCUT2D eigenvalue weighted by Gasteiger charge is 2.34. The number of nitrogens with zero attached hydrogens (tertiary/aromatic N) is 6. The minimum Gasteiger partial charge on any atom is -0.331 e. The second-order valence-corrected chi connectivity index (χ2v) is 7.88. The molecule has 2 aromatic heterocycles. The van der Waals surface area contributed by atoms with Crippen LogP contribution < -0.4 is 5.56 Å². The molecule has 150 valence electrons. The van der Waals surface area contributed by atoms with Crippen molar-refractivity contribution in [2.24, 2.45) is 0 Å². The highest BCUT2D eigenvalue weighted by molar-refractivity contribution is 5.81. The third kappa shape index (κ3) is 3.22. The lowest BCUT2D eigenvalue weighted by Gasteiger charge is -2.25. The van der Waals surface area contributed by atoms with E-state index in [4.69, 9.17) is 0 Å². The first-order valence-corrected chi connectivity index (χ1v) is 10.4. The molecule has 3 aromatic rings. The highest BCUT2D eigenvalue weighted by atomic mass is 16.2. The normalized spacial score (nSPS) is 19.3. The van der Waals surface area contributed by atoms with Crippen molar-refractivity contribution < 1.29 is 4.79 Å². The summed E-state index contributed by atoms with van der Waals surface area (Å²) in [5, 5.41) is 14.4. The molecule has 2 aliphatic heterocycles. The molecule has 0 N–H and O–H groups in total. The molecule has 8 heteroatoms. The number of hydrogen-bond donors (Lipinski definition) is 0. The number of carbonyl (C=O) groups is 1. The quantitative estimate of drug-likeness (QED) is 0.681. The number of aromatic nitrogens is 5. The number of carbonyl (C=O) groups excluding carboxylic acids is 1. The summed E-state index contributed by atoms with van der Waals surface area (Å²) < 4.78 is 3.48. The summed E-state index contributed by atoms with van der Waals surface area (Å²) in [5.74, 6) is 1.83. The number of amides is 1. The molecule has 1 aromatic carbocycles. The maximum atomic E-state index is 13.1. The van der Waals surface area contributed by atoms with Gasteiger partial charge >= 0.3 is 0 Å². The lowest BCUT2D eigenvalue weighted by atomic mass is 10.2. The second-order valence-electron chi connectivity index (χ2n) is 7.88. The van der Waals surface area contributed by atoms with Gasteiger partial charge in [-0.2, -0.15) is 5.10 Å². The Hall–Kier alpha value is -3.03. The van der Waals surface area contributed by atoms with Crippen LogP contribution in [0.4, 0.5) is 0 Å². The van der Waals surface area contributed by atoms with Gasteiger partial charge < -0.3 is 9.47 Å². The number of fused-ring (bicyclic) bond motifs is 2. The lowest BCUT2D eigenvalue weighted by molar-refractivity contribution is -0.133. The van der Waals surface area contributed by atoms with Gasteiger partial charge in [0.15, 0.2) is 5.82 Å². The molecule has 1 fully saturated rings. The molecule has 0 saturated carbocycles. The van der Waals surface area contributed by atoms with Crippen molar-refractivity contribution in [1.29, 1.82) is 0 Å². The largest absolute Gasteiger partial charge is 0.331 e. The van der Waals surface area contributed by atoms with E-state index in [0.29, 0.717) is 11.9 Å². The van der Waals surface area contributed by atoms with Crippen molar-refractivity contribution in [3.8, 4) is 0 Å². The minimum absolute atomic E-state index is 0.0544. The predicted octanol–water partition coefficient (Wildman–Crippen LogP) is 2.08. The molecule has 0 bridgehead atoms. The van der Waals surface area contributed by atoms with Crippen LogP contribution in [-0.4, -0.2) is 41.9 Å². The Labute approximate surface area is 168 Å². The van der Waals surface area contributed by atoms with Gasteiger partial charge in [-0.15, -0.1) is 10.2 Å². The summed E-state index contributed by atoms with van der Waals surface area (Å²) in [6.07, 6.45) is 7.86. The Kier molecular flexibility index (Phi) is 4.61. The molecule has 5 rings (SSSR count). The van der Waals surface area contributed by atoms with Gasteiger partial charge in [0.25, 0.3) is 5.56 Å². The van der Waals surface area contributed by atoms with Gasteiger partial charge in [-0.05, 0) is 31.7 Å². The maximum Gasteiger partial charge on any atom is 0.275 e. The number of likely N-dealkylation sites (tertiary alicyclic amines) is 1. The van der Waals surface area contributed by atoms with Gasteiger partial charge in [0.05, 0.1) is 17.6 Å². The Morgan fingerprint density at radius 1 is 1.07 bits per heavy atom. The Bertz CT molecular complexity index is 1120. The summed E-state index contributed by atoms with van der Waals surface area (Å²) >= 11 is 0. The first kappa shape index (κ1) is 18.0. The van der Waals surface area contributed by atoms with Crippen molar-refractivity contribution in [3.05, 3.63) is 52.5 Å². The zero-order chi connectivity index (χ0) is 19.8. The van der Waals surface area contributed by atoms with Crippen LogP contribution >= 0.6 is 0 Å². The molecular formula is C21H24N6O2.